The van der Waals surface area contributed by atoms with E-state index in [1.807, 2.05) is 85.3 Å². The number of benzene rings is 2. The van der Waals surface area contributed by atoms with Gasteiger partial charge in [0, 0.05) is 38.1 Å². The minimum atomic E-state index is -0.0587. The third-order valence-corrected chi connectivity index (χ3v) is 5.38. The summed E-state index contributed by atoms with van der Waals surface area (Å²) in [7, 11) is 7.57. The van der Waals surface area contributed by atoms with Gasteiger partial charge in [-0.25, -0.2) is 4.98 Å². The van der Waals surface area contributed by atoms with E-state index in [9.17, 15) is 4.79 Å². The van der Waals surface area contributed by atoms with Crippen molar-refractivity contribution in [1.29, 1.82) is 0 Å². The first-order valence-corrected chi connectivity index (χ1v) is 9.82. The average Bonchev–Trinajstić information content (AvgIpc) is 3.07. The van der Waals surface area contributed by atoms with Crippen molar-refractivity contribution >= 4 is 29.0 Å². The SMILES string of the molecule is COc1ccc(-c2cnc(SCC(=O)Nc3ccc(N(C)C)cc3)n2C)cc1. The zero-order valence-electron chi connectivity index (χ0n) is 16.5. The Labute approximate surface area is 169 Å². The summed E-state index contributed by atoms with van der Waals surface area (Å²) in [6.45, 7) is 0. The van der Waals surface area contributed by atoms with Crippen LogP contribution in [-0.2, 0) is 11.8 Å². The smallest absolute Gasteiger partial charge is 0.234 e. The summed E-state index contributed by atoms with van der Waals surface area (Å²) in [5.74, 6) is 1.05. The lowest BCUT2D eigenvalue weighted by Gasteiger charge is -2.13. The molecule has 146 valence electrons. The van der Waals surface area contributed by atoms with Gasteiger partial charge in [0.2, 0.25) is 5.91 Å². The third kappa shape index (κ3) is 4.67. The lowest BCUT2D eigenvalue weighted by Crippen LogP contribution is -2.15. The van der Waals surface area contributed by atoms with Crippen molar-refractivity contribution in [1.82, 2.24) is 9.55 Å². The van der Waals surface area contributed by atoms with E-state index in [0.717, 1.165) is 33.5 Å². The maximum absolute atomic E-state index is 12.3. The minimum Gasteiger partial charge on any atom is -0.497 e. The number of thioether (sulfide) groups is 1. The summed E-state index contributed by atoms with van der Waals surface area (Å²) in [6.07, 6.45) is 1.82. The molecule has 2 aromatic carbocycles. The van der Waals surface area contributed by atoms with Gasteiger partial charge >= 0.3 is 0 Å². The molecule has 0 aliphatic rings. The van der Waals surface area contributed by atoms with Gasteiger partial charge < -0.3 is 19.5 Å². The molecule has 0 fully saturated rings. The van der Waals surface area contributed by atoms with Gasteiger partial charge in [0.05, 0.1) is 24.8 Å². The molecular formula is C21H24N4O2S. The molecule has 1 N–H and O–H groups in total. The molecule has 0 radical (unpaired) electrons. The number of hydrogen-bond acceptors (Lipinski definition) is 5. The van der Waals surface area contributed by atoms with Crippen LogP contribution in [0.15, 0.2) is 59.9 Å². The predicted octanol–water partition coefficient (Wildman–Crippen LogP) is 3.89. The Morgan fingerprint density at radius 1 is 1.14 bits per heavy atom. The summed E-state index contributed by atoms with van der Waals surface area (Å²) in [5, 5.41) is 3.72. The number of rotatable bonds is 7. The van der Waals surface area contributed by atoms with E-state index < -0.39 is 0 Å². The maximum atomic E-state index is 12.3. The lowest BCUT2D eigenvalue weighted by atomic mass is 10.1. The number of aromatic nitrogens is 2. The molecule has 0 aliphatic carbocycles. The first kappa shape index (κ1) is 19.8. The zero-order valence-corrected chi connectivity index (χ0v) is 17.3. The summed E-state index contributed by atoms with van der Waals surface area (Å²) in [5.41, 5.74) is 3.92. The Morgan fingerprint density at radius 2 is 1.82 bits per heavy atom. The van der Waals surface area contributed by atoms with Crippen molar-refractivity contribution in [2.75, 3.05) is 37.2 Å². The van der Waals surface area contributed by atoms with Crippen LogP contribution in [0.25, 0.3) is 11.3 Å². The zero-order chi connectivity index (χ0) is 20.1. The fraction of sp³-hybridized carbons (Fsp3) is 0.238. The number of amides is 1. The van der Waals surface area contributed by atoms with Crippen LogP contribution in [0.4, 0.5) is 11.4 Å². The molecule has 1 heterocycles. The second kappa shape index (κ2) is 8.84. The molecular weight excluding hydrogens is 372 g/mol. The van der Waals surface area contributed by atoms with Crippen LogP contribution in [0.5, 0.6) is 5.75 Å². The molecule has 0 saturated carbocycles. The highest BCUT2D eigenvalue weighted by molar-refractivity contribution is 7.99. The van der Waals surface area contributed by atoms with Crippen LogP contribution in [0, 0.1) is 0 Å². The van der Waals surface area contributed by atoms with Crippen LogP contribution in [0.3, 0.4) is 0 Å². The first-order valence-electron chi connectivity index (χ1n) is 8.84. The van der Waals surface area contributed by atoms with E-state index in [-0.39, 0.29) is 5.91 Å². The number of imidazole rings is 1. The van der Waals surface area contributed by atoms with Crippen molar-refractivity contribution in [3.05, 3.63) is 54.7 Å². The number of hydrogen-bond donors (Lipinski definition) is 1. The predicted molar refractivity (Wildman–Crippen MR) is 115 cm³/mol. The minimum absolute atomic E-state index is 0.0587. The summed E-state index contributed by atoms with van der Waals surface area (Å²) in [4.78, 5) is 18.7. The van der Waals surface area contributed by atoms with Gasteiger partial charge in [0.25, 0.3) is 0 Å². The van der Waals surface area contributed by atoms with E-state index in [2.05, 4.69) is 10.3 Å². The average molecular weight is 397 g/mol. The number of carbonyl (C=O) groups excluding carboxylic acids is 1. The molecule has 0 atom stereocenters. The molecule has 0 bridgehead atoms. The van der Waals surface area contributed by atoms with Gasteiger partial charge in [-0.3, -0.25) is 4.79 Å². The normalized spacial score (nSPS) is 10.6. The fourth-order valence-electron chi connectivity index (χ4n) is 2.73. The highest BCUT2D eigenvalue weighted by Crippen LogP contribution is 2.26. The maximum Gasteiger partial charge on any atom is 0.234 e. The van der Waals surface area contributed by atoms with Gasteiger partial charge in [-0.1, -0.05) is 11.8 Å². The van der Waals surface area contributed by atoms with Crippen molar-refractivity contribution < 1.29 is 9.53 Å². The number of carbonyl (C=O) groups is 1. The van der Waals surface area contributed by atoms with Crippen LogP contribution < -0.4 is 15.0 Å². The van der Waals surface area contributed by atoms with E-state index in [1.165, 1.54) is 11.8 Å². The van der Waals surface area contributed by atoms with Crippen molar-refractivity contribution in [2.45, 2.75) is 5.16 Å². The largest absolute Gasteiger partial charge is 0.497 e. The Hall–Kier alpha value is -2.93. The van der Waals surface area contributed by atoms with Crippen LogP contribution in [0.1, 0.15) is 0 Å². The Kier molecular flexibility index (Phi) is 6.26. The molecule has 3 aromatic rings. The second-order valence-electron chi connectivity index (χ2n) is 6.49. The molecule has 0 spiro atoms. The third-order valence-electron chi connectivity index (χ3n) is 4.33. The van der Waals surface area contributed by atoms with Gasteiger partial charge in [-0.2, -0.15) is 0 Å². The Bertz CT molecular complexity index is 934. The molecule has 7 heteroatoms. The molecule has 1 amide bonds. The number of methoxy groups -OCH3 is 1. The number of ether oxygens (including phenoxy) is 1. The van der Waals surface area contributed by atoms with E-state index >= 15 is 0 Å². The first-order chi connectivity index (χ1) is 13.5. The number of nitrogens with one attached hydrogen (secondary N) is 1. The summed E-state index contributed by atoms with van der Waals surface area (Å²) in [6, 6.07) is 15.6. The van der Waals surface area contributed by atoms with E-state index in [1.54, 1.807) is 7.11 Å². The Balaban J connectivity index is 1.59. The fourth-order valence-corrected chi connectivity index (χ4v) is 3.48. The molecule has 0 aliphatic heterocycles. The van der Waals surface area contributed by atoms with E-state index in [0.29, 0.717) is 5.75 Å². The van der Waals surface area contributed by atoms with Crippen LogP contribution in [-0.4, -0.2) is 42.4 Å². The van der Waals surface area contributed by atoms with Crippen molar-refractivity contribution in [2.24, 2.45) is 7.05 Å². The highest BCUT2D eigenvalue weighted by atomic mass is 32.2. The van der Waals surface area contributed by atoms with Crippen molar-refractivity contribution in [3.63, 3.8) is 0 Å². The van der Waals surface area contributed by atoms with E-state index in [4.69, 9.17) is 4.74 Å². The Morgan fingerprint density at radius 3 is 2.43 bits per heavy atom. The summed E-state index contributed by atoms with van der Waals surface area (Å²) >= 11 is 1.41. The molecule has 3 rings (SSSR count). The molecule has 6 nitrogen and oxygen atoms in total. The van der Waals surface area contributed by atoms with Gasteiger partial charge in [-0.05, 0) is 48.5 Å². The monoisotopic (exact) mass is 396 g/mol. The number of anilines is 2. The second-order valence-corrected chi connectivity index (χ2v) is 7.43. The number of nitrogens with zero attached hydrogens (tertiary/aromatic N) is 3. The highest BCUT2D eigenvalue weighted by Gasteiger charge is 2.11. The van der Waals surface area contributed by atoms with Gasteiger partial charge in [0.15, 0.2) is 5.16 Å². The topological polar surface area (TPSA) is 59.4 Å². The summed E-state index contributed by atoms with van der Waals surface area (Å²) < 4.78 is 7.19. The molecule has 1 aromatic heterocycles. The molecule has 0 unspecified atom stereocenters. The standard InChI is InChI=1S/C21H24N4O2S/c1-24(2)17-9-7-16(8-10-17)23-20(26)14-28-21-22-13-19(25(21)3)15-5-11-18(27-4)12-6-15/h5-13H,14H2,1-4H3,(H,23,26). The quantitative estimate of drug-likeness (QED) is 0.614. The van der Waals surface area contributed by atoms with Gasteiger partial charge in [0.1, 0.15) is 5.75 Å². The van der Waals surface area contributed by atoms with Crippen LogP contribution >= 0.6 is 11.8 Å². The molecule has 28 heavy (non-hydrogen) atoms. The van der Waals surface area contributed by atoms with Crippen molar-refractivity contribution in [3.8, 4) is 17.0 Å². The van der Waals surface area contributed by atoms with Crippen LogP contribution in [0.2, 0.25) is 0 Å². The molecule has 0 saturated heterocycles. The lowest BCUT2D eigenvalue weighted by molar-refractivity contribution is -0.113. The van der Waals surface area contributed by atoms with Gasteiger partial charge in [-0.15, -0.1) is 0 Å².